The molecule has 4 heteroatoms. The Morgan fingerprint density at radius 1 is 1.40 bits per heavy atom. The Morgan fingerprint density at radius 3 is 3.00 bits per heavy atom. The van der Waals surface area contributed by atoms with Gasteiger partial charge in [0, 0.05) is 19.5 Å². The van der Waals surface area contributed by atoms with Crippen LogP contribution in [0.25, 0.3) is 0 Å². The lowest BCUT2D eigenvalue weighted by Crippen LogP contribution is -2.33. The van der Waals surface area contributed by atoms with Crippen LogP contribution in [0.1, 0.15) is 25.7 Å². The van der Waals surface area contributed by atoms with E-state index in [1.54, 1.807) is 0 Å². The second-order valence-electron chi connectivity index (χ2n) is 4.30. The molecule has 86 valence electrons. The molecule has 0 atom stereocenters. The van der Waals surface area contributed by atoms with Crippen molar-refractivity contribution < 1.29 is 4.74 Å². The zero-order chi connectivity index (χ0) is 10.3. The fraction of sp³-hybridized carbons (Fsp3) is 0.909. The smallest absolute Gasteiger partial charge is 0.284 e. The van der Waals surface area contributed by atoms with Gasteiger partial charge in [0.15, 0.2) is 0 Å². The van der Waals surface area contributed by atoms with Gasteiger partial charge in [-0.1, -0.05) is 0 Å². The van der Waals surface area contributed by atoms with E-state index in [0.717, 1.165) is 38.1 Å². The molecule has 1 fully saturated rings. The fourth-order valence-electron chi connectivity index (χ4n) is 2.12. The molecule has 2 aliphatic heterocycles. The van der Waals surface area contributed by atoms with Crippen LogP contribution >= 0.6 is 0 Å². The number of amidine groups is 1. The van der Waals surface area contributed by atoms with Gasteiger partial charge in [-0.15, -0.1) is 0 Å². The molecule has 0 radical (unpaired) electrons. The molecule has 0 saturated carbocycles. The minimum absolute atomic E-state index is 0.759. The molecule has 0 spiro atoms. The Bertz CT molecular complexity index is 212. The van der Waals surface area contributed by atoms with Gasteiger partial charge in [0.1, 0.15) is 0 Å². The summed E-state index contributed by atoms with van der Waals surface area (Å²) in [5.74, 6) is 0.878. The number of piperidine rings is 1. The molecule has 0 aliphatic carbocycles. The van der Waals surface area contributed by atoms with Crippen LogP contribution in [0.4, 0.5) is 0 Å². The molecular formula is C11H21N3O. The number of ether oxygens (including phenoxy) is 1. The SMILES string of the molecule is C1CN=C(NCCC2CCNCC2)OC1. The Hall–Kier alpha value is -0.770. The normalized spacial score (nSPS) is 23.1. The molecule has 15 heavy (non-hydrogen) atoms. The summed E-state index contributed by atoms with van der Waals surface area (Å²) in [4.78, 5) is 4.28. The second-order valence-corrected chi connectivity index (χ2v) is 4.30. The van der Waals surface area contributed by atoms with Gasteiger partial charge in [0.25, 0.3) is 6.02 Å². The molecule has 2 rings (SSSR count). The summed E-state index contributed by atoms with van der Waals surface area (Å²) < 4.78 is 5.39. The minimum atomic E-state index is 0.759. The van der Waals surface area contributed by atoms with Crippen molar-refractivity contribution in [3.63, 3.8) is 0 Å². The molecule has 2 aliphatic rings. The van der Waals surface area contributed by atoms with Crippen molar-refractivity contribution >= 4 is 6.02 Å². The maximum atomic E-state index is 5.39. The van der Waals surface area contributed by atoms with E-state index >= 15 is 0 Å². The van der Waals surface area contributed by atoms with Crippen molar-refractivity contribution in [2.75, 3.05) is 32.8 Å². The van der Waals surface area contributed by atoms with E-state index < -0.39 is 0 Å². The number of nitrogens with one attached hydrogen (secondary N) is 2. The molecule has 4 nitrogen and oxygen atoms in total. The Kier molecular flexibility index (Phi) is 4.26. The summed E-state index contributed by atoms with van der Waals surface area (Å²) in [5.41, 5.74) is 0. The number of rotatable bonds is 3. The van der Waals surface area contributed by atoms with Crippen LogP contribution in [0.2, 0.25) is 0 Å². The summed E-state index contributed by atoms with van der Waals surface area (Å²) in [5, 5.41) is 6.66. The predicted octanol–water partition coefficient (Wildman–Crippen LogP) is 0.742. The summed E-state index contributed by atoms with van der Waals surface area (Å²) in [6.07, 6.45) is 4.92. The van der Waals surface area contributed by atoms with Crippen LogP contribution in [0, 0.1) is 5.92 Å². The van der Waals surface area contributed by atoms with E-state index in [1.165, 1.54) is 32.4 Å². The first-order valence-corrected chi connectivity index (χ1v) is 6.07. The van der Waals surface area contributed by atoms with E-state index in [9.17, 15) is 0 Å². The average molecular weight is 211 g/mol. The largest absolute Gasteiger partial charge is 0.465 e. The van der Waals surface area contributed by atoms with Gasteiger partial charge in [0.2, 0.25) is 0 Å². The number of nitrogens with zero attached hydrogens (tertiary/aromatic N) is 1. The number of hydrogen-bond donors (Lipinski definition) is 2. The minimum Gasteiger partial charge on any atom is -0.465 e. The third-order valence-corrected chi connectivity index (χ3v) is 3.08. The Morgan fingerprint density at radius 2 is 2.27 bits per heavy atom. The zero-order valence-electron chi connectivity index (χ0n) is 9.30. The van der Waals surface area contributed by atoms with E-state index in [0.29, 0.717) is 0 Å². The van der Waals surface area contributed by atoms with Crippen molar-refractivity contribution in [1.29, 1.82) is 0 Å². The van der Waals surface area contributed by atoms with Crippen LogP contribution in [0.15, 0.2) is 4.99 Å². The van der Waals surface area contributed by atoms with E-state index in [4.69, 9.17) is 4.74 Å². The Balaban J connectivity index is 1.59. The van der Waals surface area contributed by atoms with Gasteiger partial charge < -0.3 is 15.4 Å². The highest BCUT2D eigenvalue weighted by Gasteiger charge is 2.13. The maximum absolute atomic E-state index is 5.39. The number of aliphatic imine (C=N–C) groups is 1. The quantitative estimate of drug-likeness (QED) is 0.724. The molecule has 0 aromatic carbocycles. The lowest BCUT2D eigenvalue weighted by molar-refractivity contribution is 0.264. The summed E-state index contributed by atoms with van der Waals surface area (Å²) in [6.45, 7) is 5.10. The summed E-state index contributed by atoms with van der Waals surface area (Å²) in [7, 11) is 0. The van der Waals surface area contributed by atoms with Crippen LogP contribution in [-0.4, -0.2) is 38.8 Å². The molecule has 0 amide bonds. The van der Waals surface area contributed by atoms with E-state index in [-0.39, 0.29) is 0 Å². The lowest BCUT2D eigenvalue weighted by atomic mass is 9.95. The van der Waals surface area contributed by atoms with Gasteiger partial charge in [-0.2, -0.15) is 0 Å². The van der Waals surface area contributed by atoms with Gasteiger partial charge in [0.05, 0.1) is 6.61 Å². The van der Waals surface area contributed by atoms with Gasteiger partial charge >= 0.3 is 0 Å². The monoisotopic (exact) mass is 211 g/mol. The molecule has 2 heterocycles. The summed E-state index contributed by atoms with van der Waals surface area (Å²) in [6, 6.07) is 0.759. The molecule has 2 N–H and O–H groups in total. The Labute approximate surface area is 91.5 Å². The fourth-order valence-corrected chi connectivity index (χ4v) is 2.12. The standard InChI is InChI=1S/C11H21N3O/c1-5-13-11(15-9-1)14-8-4-10-2-6-12-7-3-10/h10,12H,1-9H2,(H,13,14). The first-order chi connectivity index (χ1) is 7.45. The summed E-state index contributed by atoms with van der Waals surface area (Å²) >= 11 is 0. The lowest BCUT2D eigenvalue weighted by Gasteiger charge is -2.23. The third kappa shape index (κ3) is 3.70. The van der Waals surface area contributed by atoms with Crippen LogP contribution in [0.3, 0.4) is 0 Å². The first kappa shape index (κ1) is 10.7. The molecule has 0 bridgehead atoms. The number of hydrogen-bond acceptors (Lipinski definition) is 4. The van der Waals surface area contributed by atoms with Gasteiger partial charge in [-0.05, 0) is 38.3 Å². The van der Waals surface area contributed by atoms with Gasteiger partial charge in [-0.25, -0.2) is 4.99 Å². The van der Waals surface area contributed by atoms with Crippen molar-refractivity contribution in [2.45, 2.75) is 25.7 Å². The van der Waals surface area contributed by atoms with E-state index in [2.05, 4.69) is 15.6 Å². The van der Waals surface area contributed by atoms with Crippen molar-refractivity contribution in [2.24, 2.45) is 10.9 Å². The molecule has 0 aromatic heterocycles. The zero-order valence-corrected chi connectivity index (χ0v) is 9.30. The third-order valence-electron chi connectivity index (χ3n) is 3.08. The van der Waals surface area contributed by atoms with Crippen LogP contribution in [-0.2, 0) is 4.74 Å². The highest BCUT2D eigenvalue weighted by atomic mass is 16.5. The van der Waals surface area contributed by atoms with Crippen molar-refractivity contribution in [3.05, 3.63) is 0 Å². The van der Waals surface area contributed by atoms with Crippen LogP contribution in [0.5, 0.6) is 0 Å². The highest BCUT2D eigenvalue weighted by molar-refractivity contribution is 5.73. The predicted molar refractivity (Wildman–Crippen MR) is 61.1 cm³/mol. The maximum Gasteiger partial charge on any atom is 0.284 e. The average Bonchev–Trinajstić information content (AvgIpc) is 2.32. The molecule has 0 unspecified atom stereocenters. The highest BCUT2D eigenvalue weighted by Crippen LogP contribution is 2.14. The molecular weight excluding hydrogens is 190 g/mol. The van der Waals surface area contributed by atoms with E-state index in [1.807, 2.05) is 0 Å². The first-order valence-electron chi connectivity index (χ1n) is 6.07. The molecule has 1 saturated heterocycles. The van der Waals surface area contributed by atoms with Crippen LogP contribution < -0.4 is 10.6 Å². The van der Waals surface area contributed by atoms with Crippen molar-refractivity contribution in [1.82, 2.24) is 10.6 Å². The van der Waals surface area contributed by atoms with Gasteiger partial charge in [-0.3, -0.25) is 0 Å². The molecule has 0 aromatic rings. The topological polar surface area (TPSA) is 45.7 Å². The van der Waals surface area contributed by atoms with Crippen molar-refractivity contribution in [3.8, 4) is 0 Å². The second kappa shape index (κ2) is 5.95.